The van der Waals surface area contributed by atoms with Crippen LogP contribution < -0.4 is 5.32 Å². The van der Waals surface area contributed by atoms with Crippen molar-refractivity contribution in [2.45, 2.75) is 0 Å². The number of hydrogen-bond acceptors (Lipinski definition) is 3. The van der Waals surface area contributed by atoms with Crippen LogP contribution in [0.4, 0.5) is 0 Å². The van der Waals surface area contributed by atoms with Crippen LogP contribution in [0.5, 0.6) is 0 Å². The molecule has 0 aromatic carbocycles. The number of nitrogens with one attached hydrogen (secondary N) is 1. The van der Waals surface area contributed by atoms with Crippen LogP contribution in [-0.4, -0.2) is 37.2 Å². The Bertz CT molecular complexity index is 134. The highest BCUT2D eigenvalue weighted by Gasteiger charge is 2.00. The van der Waals surface area contributed by atoms with Gasteiger partial charge >= 0.3 is 5.97 Å². The average Bonchev–Trinajstić information content (AvgIpc) is 1.85. The van der Waals surface area contributed by atoms with E-state index in [9.17, 15) is 9.59 Å². The third kappa shape index (κ3) is 5.04. The van der Waals surface area contributed by atoms with E-state index in [4.69, 9.17) is 5.11 Å². The first-order valence-electron chi connectivity index (χ1n) is 2.64. The maximum absolute atomic E-state index is 10.4. The Morgan fingerprint density at radius 3 is 2.60 bits per heavy atom. The molecule has 0 saturated carbocycles. The molecule has 0 aromatic heterocycles. The van der Waals surface area contributed by atoms with E-state index < -0.39 is 11.9 Å². The summed E-state index contributed by atoms with van der Waals surface area (Å²) in [5.74, 6) is -1.49. The first-order chi connectivity index (χ1) is 4.66. The van der Waals surface area contributed by atoms with Gasteiger partial charge in [-0.25, -0.2) is 0 Å². The van der Waals surface area contributed by atoms with Crippen LogP contribution in [0.3, 0.4) is 0 Å². The molecule has 0 heterocycles. The zero-order valence-corrected chi connectivity index (χ0v) is 5.59. The predicted octanol–water partition coefficient (Wildman–Crippen LogP) is -1.17. The number of amides is 1. The van der Waals surface area contributed by atoms with E-state index in [2.05, 4.69) is 10.1 Å². The molecule has 0 fully saturated rings. The van der Waals surface area contributed by atoms with Gasteiger partial charge in [0, 0.05) is 7.11 Å². The minimum absolute atomic E-state index is 0.104. The van der Waals surface area contributed by atoms with Crippen LogP contribution in [0.15, 0.2) is 0 Å². The maximum atomic E-state index is 10.4. The Labute approximate surface area is 58.0 Å². The van der Waals surface area contributed by atoms with E-state index in [1.807, 2.05) is 0 Å². The summed E-state index contributed by atoms with van der Waals surface area (Å²) >= 11 is 0. The average molecular weight is 147 g/mol. The van der Waals surface area contributed by atoms with Gasteiger partial charge in [-0.15, -0.1) is 0 Å². The topological polar surface area (TPSA) is 75.6 Å². The highest BCUT2D eigenvalue weighted by atomic mass is 16.5. The molecule has 5 heteroatoms. The summed E-state index contributed by atoms with van der Waals surface area (Å²) < 4.78 is 4.43. The Morgan fingerprint density at radius 1 is 1.60 bits per heavy atom. The van der Waals surface area contributed by atoms with Crippen LogP contribution in [0, 0.1) is 0 Å². The lowest BCUT2D eigenvalue weighted by Crippen LogP contribution is -2.31. The van der Waals surface area contributed by atoms with Gasteiger partial charge in [0.1, 0.15) is 13.2 Å². The van der Waals surface area contributed by atoms with Crippen LogP contribution in [0.25, 0.3) is 0 Å². The lowest BCUT2D eigenvalue weighted by Gasteiger charge is -1.98. The van der Waals surface area contributed by atoms with E-state index >= 15 is 0 Å². The molecule has 5 nitrogen and oxygen atoms in total. The Morgan fingerprint density at radius 2 is 2.20 bits per heavy atom. The van der Waals surface area contributed by atoms with Crippen LogP contribution in [-0.2, 0) is 14.3 Å². The SMILES string of the molecule is COCC(=O)NCC(=O)O. The number of carbonyl (C=O) groups is 2. The first-order valence-corrected chi connectivity index (χ1v) is 2.64. The molecule has 0 bridgehead atoms. The van der Waals surface area contributed by atoms with E-state index in [1.54, 1.807) is 0 Å². The van der Waals surface area contributed by atoms with Crippen LogP contribution in [0.1, 0.15) is 0 Å². The van der Waals surface area contributed by atoms with Crippen molar-refractivity contribution in [2.75, 3.05) is 20.3 Å². The van der Waals surface area contributed by atoms with Crippen molar-refractivity contribution >= 4 is 11.9 Å². The minimum atomic E-state index is -1.07. The molecule has 0 unspecified atom stereocenters. The number of carboxylic acids is 1. The smallest absolute Gasteiger partial charge is 0.322 e. The number of carboxylic acid groups (broad SMARTS) is 1. The largest absolute Gasteiger partial charge is 0.480 e. The summed E-state index contributed by atoms with van der Waals surface area (Å²) in [5.41, 5.74) is 0. The lowest BCUT2D eigenvalue weighted by atomic mass is 10.6. The quantitative estimate of drug-likeness (QED) is 0.525. The van der Waals surface area contributed by atoms with Gasteiger partial charge in [0.15, 0.2) is 0 Å². The number of rotatable bonds is 4. The molecule has 0 aliphatic heterocycles. The fourth-order valence-electron chi connectivity index (χ4n) is 0.356. The monoisotopic (exact) mass is 147 g/mol. The molecule has 10 heavy (non-hydrogen) atoms. The molecule has 0 spiro atoms. The molecular formula is C5H9NO4. The molecule has 0 rings (SSSR count). The molecule has 0 radical (unpaired) electrons. The third-order valence-electron chi connectivity index (χ3n) is 0.712. The molecule has 58 valence electrons. The van der Waals surface area contributed by atoms with Crippen molar-refractivity contribution < 1.29 is 19.4 Å². The fourth-order valence-corrected chi connectivity index (χ4v) is 0.356. The fraction of sp³-hybridized carbons (Fsp3) is 0.600. The standard InChI is InChI=1S/C5H9NO4/c1-10-3-4(7)6-2-5(8)9/h2-3H2,1H3,(H,6,7)(H,8,9). The number of hydrogen-bond donors (Lipinski definition) is 2. The second-order valence-corrected chi connectivity index (χ2v) is 1.60. The van der Waals surface area contributed by atoms with Gasteiger partial charge in [-0.2, -0.15) is 0 Å². The maximum Gasteiger partial charge on any atom is 0.322 e. The van der Waals surface area contributed by atoms with Gasteiger partial charge < -0.3 is 15.2 Å². The highest BCUT2D eigenvalue weighted by molar-refractivity contribution is 5.81. The minimum Gasteiger partial charge on any atom is -0.480 e. The van der Waals surface area contributed by atoms with E-state index in [-0.39, 0.29) is 13.2 Å². The molecule has 0 saturated heterocycles. The summed E-state index contributed by atoms with van der Waals surface area (Å²) in [5, 5.41) is 10.2. The van der Waals surface area contributed by atoms with Gasteiger partial charge in [-0.1, -0.05) is 0 Å². The Kier molecular flexibility index (Phi) is 4.23. The van der Waals surface area contributed by atoms with Crippen molar-refractivity contribution in [1.82, 2.24) is 5.32 Å². The summed E-state index contributed by atoms with van der Waals surface area (Å²) in [7, 11) is 1.36. The van der Waals surface area contributed by atoms with Crippen LogP contribution >= 0.6 is 0 Å². The third-order valence-corrected chi connectivity index (χ3v) is 0.712. The normalized spacial score (nSPS) is 8.90. The number of carbonyl (C=O) groups excluding carboxylic acids is 1. The van der Waals surface area contributed by atoms with Gasteiger partial charge in [0.05, 0.1) is 0 Å². The second-order valence-electron chi connectivity index (χ2n) is 1.60. The van der Waals surface area contributed by atoms with E-state index in [0.29, 0.717) is 0 Å². The number of aliphatic carboxylic acids is 1. The summed E-state index contributed by atoms with van der Waals surface area (Å²) in [6, 6.07) is 0. The van der Waals surface area contributed by atoms with Gasteiger partial charge in [0.25, 0.3) is 0 Å². The molecule has 0 aliphatic rings. The molecular weight excluding hydrogens is 138 g/mol. The summed E-state index contributed by atoms with van der Waals surface area (Å²) in [6.45, 7) is -0.463. The second kappa shape index (κ2) is 4.75. The zero-order valence-electron chi connectivity index (χ0n) is 5.59. The number of ether oxygens (including phenoxy) is 1. The predicted molar refractivity (Wildman–Crippen MR) is 32.5 cm³/mol. The summed E-state index contributed by atoms with van der Waals surface area (Å²) in [6.07, 6.45) is 0. The molecule has 2 N–H and O–H groups in total. The Balaban J connectivity index is 3.30. The first kappa shape index (κ1) is 8.90. The van der Waals surface area contributed by atoms with Crippen molar-refractivity contribution in [3.05, 3.63) is 0 Å². The van der Waals surface area contributed by atoms with Gasteiger partial charge in [-0.05, 0) is 0 Å². The van der Waals surface area contributed by atoms with E-state index in [0.717, 1.165) is 0 Å². The number of methoxy groups -OCH3 is 1. The summed E-state index contributed by atoms with van der Waals surface area (Å²) in [4.78, 5) is 20.3. The van der Waals surface area contributed by atoms with Crippen molar-refractivity contribution in [2.24, 2.45) is 0 Å². The zero-order chi connectivity index (χ0) is 7.98. The van der Waals surface area contributed by atoms with Crippen LogP contribution in [0.2, 0.25) is 0 Å². The van der Waals surface area contributed by atoms with Gasteiger partial charge in [-0.3, -0.25) is 9.59 Å². The van der Waals surface area contributed by atoms with E-state index in [1.165, 1.54) is 7.11 Å². The highest BCUT2D eigenvalue weighted by Crippen LogP contribution is 1.68. The molecule has 0 aromatic rings. The lowest BCUT2D eigenvalue weighted by molar-refractivity contribution is -0.138. The Hall–Kier alpha value is -1.10. The molecule has 1 amide bonds. The molecule has 0 atom stereocenters. The molecule has 0 aliphatic carbocycles. The van der Waals surface area contributed by atoms with Crippen molar-refractivity contribution in [1.29, 1.82) is 0 Å². The van der Waals surface area contributed by atoms with Gasteiger partial charge in [0.2, 0.25) is 5.91 Å². The van der Waals surface area contributed by atoms with Crippen molar-refractivity contribution in [3.63, 3.8) is 0 Å². The van der Waals surface area contributed by atoms with Crippen molar-refractivity contribution in [3.8, 4) is 0 Å².